The Hall–Kier alpha value is -0.970. The Morgan fingerprint density at radius 2 is 1.62 bits per heavy atom. The molecule has 1 atom stereocenters. The van der Waals surface area contributed by atoms with Crippen LogP contribution in [0, 0.1) is 0 Å². The van der Waals surface area contributed by atoms with Gasteiger partial charge in [-0.15, -0.1) is 12.4 Å². The first kappa shape index (κ1) is 18.1. The van der Waals surface area contributed by atoms with E-state index in [1.54, 1.807) is 7.11 Å². The van der Waals surface area contributed by atoms with E-state index in [1.807, 2.05) is 24.3 Å². The van der Waals surface area contributed by atoms with Crippen LogP contribution in [-0.4, -0.2) is 49.5 Å². The van der Waals surface area contributed by atoms with E-state index in [9.17, 15) is 5.11 Å². The van der Waals surface area contributed by atoms with Gasteiger partial charge in [-0.2, -0.15) is 0 Å². The molecule has 0 aliphatic carbocycles. The highest BCUT2D eigenvalue weighted by molar-refractivity contribution is 5.85. The van der Waals surface area contributed by atoms with Crippen molar-refractivity contribution in [1.29, 1.82) is 0 Å². The molecule has 120 valence electrons. The van der Waals surface area contributed by atoms with Crippen molar-refractivity contribution in [3.05, 3.63) is 24.3 Å². The van der Waals surface area contributed by atoms with E-state index in [4.69, 9.17) is 9.47 Å². The zero-order valence-electron chi connectivity index (χ0n) is 12.7. The molecule has 5 heteroatoms. The zero-order chi connectivity index (χ0) is 14.2. The third-order valence-corrected chi connectivity index (χ3v) is 3.67. The maximum atomic E-state index is 10.1. The first-order chi connectivity index (χ1) is 9.78. The topological polar surface area (TPSA) is 41.9 Å². The number of aliphatic hydroxyl groups is 1. The molecule has 21 heavy (non-hydrogen) atoms. The normalized spacial score (nSPS) is 17.4. The van der Waals surface area contributed by atoms with Crippen LogP contribution in [0.1, 0.15) is 25.7 Å². The summed E-state index contributed by atoms with van der Waals surface area (Å²) in [5, 5.41) is 10.1. The third kappa shape index (κ3) is 6.55. The molecule has 1 aliphatic heterocycles. The highest BCUT2D eigenvalue weighted by atomic mass is 35.5. The number of likely N-dealkylation sites (tertiary alicyclic amines) is 1. The second kappa shape index (κ2) is 9.87. The summed E-state index contributed by atoms with van der Waals surface area (Å²) in [5.74, 6) is 1.57. The molecule has 0 saturated carbocycles. The molecule has 0 spiro atoms. The van der Waals surface area contributed by atoms with E-state index < -0.39 is 6.10 Å². The standard InChI is InChI=1S/C16H25NO3.ClH/c1-19-15-6-8-16(9-7-15)20-13-14(18)12-17-10-4-2-3-5-11-17;/h6-9,14,18H,2-5,10-13H2,1H3;1H. The van der Waals surface area contributed by atoms with Crippen molar-refractivity contribution in [3.8, 4) is 11.5 Å². The number of nitrogens with zero attached hydrogens (tertiary/aromatic N) is 1. The van der Waals surface area contributed by atoms with Crippen LogP contribution in [0.5, 0.6) is 11.5 Å². The number of hydrogen-bond acceptors (Lipinski definition) is 4. The summed E-state index contributed by atoms with van der Waals surface area (Å²) >= 11 is 0. The predicted molar refractivity (Wildman–Crippen MR) is 86.7 cm³/mol. The molecule has 1 aromatic carbocycles. The van der Waals surface area contributed by atoms with Gasteiger partial charge >= 0.3 is 0 Å². The van der Waals surface area contributed by atoms with Crippen LogP contribution in [0.15, 0.2) is 24.3 Å². The smallest absolute Gasteiger partial charge is 0.119 e. The largest absolute Gasteiger partial charge is 0.497 e. The Morgan fingerprint density at radius 1 is 1.05 bits per heavy atom. The summed E-state index contributed by atoms with van der Waals surface area (Å²) in [6.45, 7) is 3.23. The van der Waals surface area contributed by atoms with Gasteiger partial charge < -0.3 is 19.5 Å². The third-order valence-electron chi connectivity index (χ3n) is 3.67. The summed E-state index contributed by atoms with van der Waals surface area (Å²) in [4.78, 5) is 2.34. The minimum atomic E-state index is -0.435. The number of rotatable bonds is 6. The molecular weight excluding hydrogens is 290 g/mol. The van der Waals surface area contributed by atoms with Crippen molar-refractivity contribution in [2.75, 3.05) is 33.4 Å². The van der Waals surface area contributed by atoms with Crippen molar-refractivity contribution >= 4 is 12.4 Å². The number of aliphatic hydroxyl groups excluding tert-OH is 1. The molecule has 1 N–H and O–H groups in total. The van der Waals surface area contributed by atoms with E-state index >= 15 is 0 Å². The van der Waals surface area contributed by atoms with E-state index in [-0.39, 0.29) is 12.4 Å². The van der Waals surface area contributed by atoms with E-state index in [0.717, 1.165) is 24.6 Å². The summed E-state index contributed by atoms with van der Waals surface area (Å²) in [6, 6.07) is 7.43. The summed E-state index contributed by atoms with van der Waals surface area (Å²) in [7, 11) is 1.64. The molecule has 1 aromatic rings. The van der Waals surface area contributed by atoms with Crippen LogP contribution in [0.2, 0.25) is 0 Å². The van der Waals surface area contributed by atoms with Crippen LogP contribution >= 0.6 is 12.4 Å². The average molecular weight is 316 g/mol. The maximum Gasteiger partial charge on any atom is 0.119 e. The fourth-order valence-electron chi connectivity index (χ4n) is 2.53. The molecule has 1 saturated heterocycles. The zero-order valence-corrected chi connectivity index (χ0v) is 13.5. The minimum absolute atomic E-state index is 0. The Bertz CT molecular complexity index is 378. The number of methoxy groups -OCH3 is 1. The lowest BCUT2D eigenvalue weighted by molar-refractivity contribution is 0.0693. The fourth-order valence-corrected chi connectivity index (χ4v) is 2.53. The molecule has 1 aliphatic rings. The van der Waals surface area contributed by atoms with E-state index in [2.05, 4.69) is 4.90 Å². The average Bonchev–Trinajstić information content (AvgIpc) is 2.74. The van der Waals surface area contributed by atoms with Gasteiger partial charge in [-0.25, -0.2) is 0 Å². The van der Waals surface area contributed by atoms with Crippen LogP contribution in [0.4, 0.5) is 0 Å². The molecule has 1 heterocycles. The lowest BCUT2D eigenvalue weighted by atomic mass is 10.2. The number of β-amino-alcohol motifs (C(OH)–C–C–N with tert-alkyl or cyclic N) is 1. The Morgan fingerprint density at radius 3 is 2.19 bits per heavy atom. The highest BCUT2D eigenvalue weighted by Crippen LogP contribution is 2.17. The summed E-state index contributed by atoms with van der Waals surface area (Å²) < 4.78 is 10.7. The van der Waals surface area contributed by atoms with Gasteiger partial charge in [0.15, 0.2) is 0 Å². The summed E-state index contributed by atoms with van der Waals surface area (Å²) in [5.41, 5.74) is 0. The van der Waals surface area contributed by atoms with Gasteiger partial charge in [0.05, 0.1) is 7.11 Å². The van der Waals surface area contributed by atoms with E-state index in [0.29, 0.717) is 13.2 Å². The van der Waals surface area contributed by atoms with Gasteiger partial charge in [-0.05, 0) is 50.2 Å². The minimum Gasteiger partial charge on any atom is -0.497 e. The quantitative estimate of drug-likeness (QED) is 0.876. The van der Waals surface area contributed by atoms with Gasteiger partial charge in [0.2, 0.25) is 0 Å². The first-order valence-corrected chi connectivity index (χ1v) is 7.45. The fraction of sp³-hybridized carbons (Fsp3) is 0.625. The van der Waals surface area contributed by atoms with Crippen LogP contribution in [0.25, 0.3) is 0 Å². The van der Waals surface area contributed by atoms with Crippen LogP contribution < -0.4 is 9.47 Å². The molecule has 4 nitrogen and oxygen atoms in total. The van der Waals surface area contributed by atoms with Crippen LogP contribution in [-0.2, 0) is 0 Å². The Balaban J connectivity index is 0.00000220. The van der Waals surface area contributed by atoms with Crippen molar-refractivity contribution in [2.24, 2.45) is 0 Å². The molecule has 0 bridgehead atoms. The second-order valence-corrected chi connectivity index (χ2v) is 5.36. The number of ether oxygens (including phenoxy) is 2. The number of halogens is 1. The highest BCUT2D eigenvalue weighted by Gasteiger charge is 2.14. The molecule has 0 aromatic heterocycles. The maximum absolute atomic E-state index is 10.1. The second-order valence-electron chi connectivity index (χ2n) is 5.36. The molecule has 2 rings (SSSR count). The molecule has 1 fully saturated rings. The Labute approximate surface area is 133 Å². The monoisotopic (exact) mass is 315 g/mol. The van der Waals surface area contributed by atoms with E-state index in [1.165, 1.54) is 25.7 Å². The molecule has 0 amide bonds. The van der Waals surface area contributed by atoms with Crippen LogP contribution in [0.3, 0.4) is 0 Å². The van der Waals surface area contributed by atoms with Crippen molar-refractivity contribution in [1.82, 2.24) is 4.90 Å². The predicted octanol–water partition coefficient (Wildman–Crippen LogP) is 2.73. The number of benzene rings is 1. The SMILES string of the molecule is COc1ccc(OCC(O)CN2CCCCCC2)cc1.Cl. The van der Waals surface area contributed by atoms with Gasteiger partial charge in [-0.1, -0.05) is 12.8 Å². The summed E-state index contributed by atoms with van der Waals surface area (Å²) in [6.07, 6.45) is 4.68. The van der Waals surface area contributed by atoms with Gasteiger partial charge in [0.25, 0.3) is 0 Å². The molecule has 0 radical (unpaired) electrons. The van der Waals surface area contributed by atoms with Gasteiger partial charge in [0.1, 0.15) is 24.2 Å². The van der Waals surface area contributed by atoms with Gasteiger partial charge in [0, 0.05) is 6.54 Å². The first-order valence-electron chi connectivity index (χ1n) is 7.45. The Kier molecular flexibility index (Phi) is 8.50. The van der Waals surface area contributed by atoms with Crippen molar-refractivity contribution < 1.29 is 14.6 Å². The number of hydrogen-bond donors (Lipinski definition) is 1. The van der Waals surface area contributed by atoms with Gasteiger partial charge in [-0.3, -0.25) is 0 Å². The lowest BCUT2D eigenvalue weighted by Crippen LogP contribution is -2.36. The lowest BCUT2D eigenvalue weighted by Gasteiger charge is -2.23. The van der Waals surface area contributed by atoms with Crippen molar-refractivity contribution in [2.45, 2.75) is 31.8 Å². The molecule has 1 unspecified atom stereocenters. The van der Waals surface area contributed by atoms with Crippen molar-refractivity contribution in [3.63, 3.8) is 0 Å². The molecular formula is C16H26ClNO3.